The Bertz CT molecular complexity index is 386. The average molecular weight is 254 g/mol. The number of aldehydes is 1. The fourth-order valence-corrected chi connectivity index (χ4v) is 1.51. The fourth-order valence-electron chi connectivity index (χ4n) is 1.51. The zero-order chi connectivity index (χ0) is 13.9. The Morgan fingerprint density at radius 1 is 1.39 bits per heavy atom. The van der Waals surface area contributed by atoms with Gasteiger partial charge in [-0.15, -0.1) is 0 Å². The number of nitrogens with zero attached hydrogens (tertiary/aromatic N) is 2. The van der Waals surface area contributed by atoms with Gasteiger partial charge in [0.15, 0.2) is 12.1 Å². The van der Waals surface area contributed by atoms with Gasteiger partial charge in [-0.1, -0.05) is 0 Å². The molecule has 1 fully saturated rings. The number of hydrogen-bond acceptors (Lipinski definition) is 5. The maximum atomic E-state index is 11.8. The molecule has 0 aromatic carbocycles. The molecule has 7 heteroatoms. The first-order valence-corrected chi connectivity index (χ1v) is 5.61. The number of amides is 1. The van der Waals surface area contributed by atoms with Gasteiger partial charge in [-0.3, -0.25) is 20.5 Å². The standard InChI is InChI=1S/C11H18N4O3/c1-11(2,3)18-10(17)14-4-5-15(8(12)6-14)9(13)7-16/h7,12-13H,4-6H2,1-3H3. The van der Waals surface area contributed by atoms with Crippen LogP contribution in [0.4, 0.5) is 4.79 Å². The second kappa shape index (κ2) is 5.16. The Kier molecular flexibility index (Phi) is 4.05. The van der Waals surface area contributed by atoms with E-state index in [1.54, 1.807) is 20.8 Å². The van der Waals surface area contributed by atoms with E-state index in [1.807, 2.05) is 0 Å². The quantitative estimate of drug-likeness (QED) is 0.408. The molecule has 0 unspecified atom stereocenters. The monoisotopic (exact) mass is 254 g/mol. The minimum absolute atomic E-state index is 0.0456. The van der Waals surface area contributed by atoms with E-state index in [4.69, 9.17) is 15.6 Å². The van der Waals surface area contributed by atoms with Gasteiger partial charge in [0.25, 0.3) is 0 Å². The minimum Gasteiger partial charge on any atom is -0.444 e. The van der Waals surface area contributed by atoms with Gasteiger partial charge in [-0.2, -0.15) is 0 Å². The van der Waals surface area contributed by atoms with Crippen molar-refractivity contribution in [2.45, 2.75) is 26.4 Å². The van der Waals surface area contributed by atoms with Gasteiger partial charge in [0, 0.05) is 13.1 Å². The van der Waals surface area contributed by atoms with E-state index in [0.29, 0.717) is 12.8 Å². The van der Waals surface area contributed by atoms with E-state index in [1.165, 1.54) is 9.80 Å². The fraction of sp³-hybridized carbons (Fsp3) is 0.636. The summed E-state index contributed by atoms with van der Waals surface area (Å²) in [6.07, 6.45) is -0.0953. The lowest BCUT2D eigenvalue weighted by atomic mass is 10.2. The van der Waals surface area contributed by atoms with Crippen molar-refractivity contribution in [2.75, 3.05) is 19.6 Å². The van der Waals surface area contributed by atoms with Gasteiger partial charge in [0.1, 0.15) is 11.4 Å². The lowest BCUT2D eigenvalue weighted by molar-refractivity contribution is -0.103. The number of carbonyl (C=O) groups is 2. The molecule has 0 bridgehead atoms. The highest BCUT2D eigenvalue weighted by Gasteiger charge is 2.29. The van der Waals surface area contributed by atoms with E-state index in [9.17, 15) is 9.59 Å². The Morgan fingerprint density at radius 3 is 2.44 bits per heavy atom. The van der Waals surface area contributed by atoms with Crippen LogP contribution in [0.25, 0.3) is 0 Å². The number of piperazine rings is 1. The van der Waals surface area contributed by atoms with Gasteiger partial charge >= 0.3 is 6.09 Å². The summed E-state index contributed by atoms with van der Waals surface area (Å²) in [5.74, 6) is -0.215. The molecule has 1 saturated heterocycles. The van der Waals surface area contributed by atoms with Crippen LogP contribution >= 0.6 is 0 Å². The lowest BCUT2D eigenvalue weighted by Crippen LogP contribution is -2.54. The zero-order valence-corrected chi connectivity index (χ0v) is 10.8. The topological polar surface area (TPSA) is 97.6 Å². The second-order valence-corrected chi connectivity index (χ2v) is 5.00. The summed E-state index contributed by atoms with van der Waals surface area (Å²) in [7, 11) is 0. The van der Waals surface area contributed by atoms with Crippen molar-refractivity contribution in [3.05, 3.63) is 0 Å². The Balaban J connectivity index is 2.61. The minimum atomic E-state index is -0.577. The summed E-state index contributed by atoms with van der Waals surface area (Å²) in [5, 5.41) is 15.1. The molecule has 7 nitrogen and oxygen atoms in total. The molecule has 0 aromatic heterocycles. The highest BCUT2D eigenvalue weighted by molar-refractivity contribution is 6.29. The third kappa shape index (κ3) is 3.54. The predicted octanol–water partition coefficient (Wildman–Crippen LogP) is 0.693. The van der Waals surface area contributed by atoms with E-state index in [0.717, 1.165) is 0 Å². The van der Waals surface area contributed by atoms with E-state index >= 15 is 0 Å². The molecule has 0 aliphatic carbocycles. The summed E-state index contributed by atoms with van der Waals surface area (Å²) < 4.78 is 5.20. The van der Waals surface area contributed by atoms with Crippen molar-refractivity contribution in [3.8, 4) is 0 Å². The summed E-state index contributed by atoms with van der Waals surface area (Å²) >= 11 is 0. The first-order chi connectivity index (χ1) is 8.24. The van der Waals surface area contributed by atoms with Crippen LogP contribution in [0.15, 0.2) is 0 Å². The molecule has 0 atom stereocenters. The van der Waals surface area contributed by atoms with Gasteiger partial charge in [-0.05, 0) is 20.8 Å². The molecule has 0 saturated carbocycles. The van der Waals surface area contributed by atoms with Crippen LogP contribution in [0.3, 0.4) is 0 Å². The van der Waals surface area contributed by atoms with Crippen molar-refractivity contribution < 1.29 is 14.3 Å². The second-order valence-electron chi connectivity index (χ2n) is 5.00. The van der Waals surface area contributed by atoms with Crippen LogP contribution in [0.5, 0.6) is 0 Å². The maximum absolute atomic E-state index is 11.8. The number of amidine groups is 2. The van der Waals surface area contributed by atoms with Crippen LogP contribution < -0.4 is 0 Å². The molecule has 1 rings (SSSR count). The molecule has 100 valence electrons. The molecule has 1 aliphatic heterocycles. The largest absolute Gasteiger partial charge is 0.444 e. The van der Waals surface area contributed by atoms with Crippen LogP contribution in [-0.4, -0.2) is 59.1 Å². The molecule has 1 aliphatic rings. The van der Waals surface area contributed by atoms with Crippen molar-refractivity contribution in [1.82, 2.24) is 9.80 Å². The zero-order valence-electron chi connectivity index (χ0n) is 10.8. The van der Waals surface area contributed by atoms with Crippen LogP contribution in [-0.2, 0) is 9.53 Å². The third-order valence-corrected chi connectivity index (χ3v) is 2.31. The van der Waals surface area contributed by atoms with Crippen molar-refractivity contribution in [1.29, 1.82) is 10.8 Å². The Morgan fingerprint density at radius 2 is 2.00 bits per heavy atom. The first kappa shape index (κ1) is 14.1. The average Bonchev–Trinajstić information content (AvgIpc) is 2.25. The Hall–Kier alpha value is -1.92. The SMILES string of the molecule is CC(C)(C)OC(=O)N1CCN(C(=N)C=O)C(=N)C1. The van der Waals surface area contributed by atoms with E-state index in [2.05, 4.69) is 0 Å². The maximum Gasteiger partial charge on any atom is 0.410 e. The van der Waals surface area contributed by atoms with Gasteiger partial charge in [-0.25, -0.2) is 4.79 Å². The van der Waals surface area contributed by atoms with Gasteiger partial charge in [0.05, 0.1) is 6.54 Å². The van der Waals surface area contributed by atoms with Crippen LogP contribution in [0, 0.1) is 10.8 Å². The summed E-state index contributed by atoms with van der Waals surface area (Å²) in [6.45, 7) is 5.95. The molecule has 0 spiro atoms. The highest BCUT2D eigenvalue weighted by atomic mass is 16.6. The summed E-state index contributed by atoms with van der Waals surface area (Å²) in [4.78, 5) is 24.9. The number of rotatable bonds is 1. The molecule has 1 heterocycles. The van der Waals surface area contributed by atoms with Crippen molar-refractivity contribution >= 4 is 24.1 Å². The summed E-state index contributed by atoms with van der Waals surface area (Å²) in [6, 6.07) is 0. The van der Waals surface area contributed by atoms with Crippen molar-refractivity contribution in [2.24, 2.45) is 0 Å². The third-order valence-electron chi connectivity index (χ3n) is 2.31. The highest BCUT2D eigenvalue weighted by Crippen LogP contribution is 2.12. The molecule has 1 amide bonds. The van der Waals surface area contributed by atoms with Crippen LogP contribution in [0.2, 0.25) is 0 Å². The predicted molar refractivity (Wildman–Crippen MR) is 66.0 cm³/mol. The molecular weight excluding hydrogens is 236 g/mol. The van der Waals surface area contributed by atoms with Crippen LogP contribution in [0.1, 0.15) is 20.8 Å². The first-order valence-electron chi connectivity index (χ1n) is 5.61. The number of ether oxygens (including phenoxy) is 1. The molecule has 0 radical (unpaired) electrons. The Labute approximate surface area is 106 Å². The number of carbonyl (C=O) groups excluding carboxylic acids is 2. The molecule has 2 N–H and O–H groups in total. The molecule has 18 heavy (non-hydrogen) atoms. The smallest absolute Gasteiger partial charge is 0.410 e. The normalized spacial score (nSPS) is 16.5. The van der Waals surface area contributed by atoms with Gasteiger partial charge < -0.3 is 9.64 Å². The van der Waals surface area contributed by atoms with E-state index < -0.39 is 11.7 Å². The molecular formula is C11H18N4O3. The number of hydrogen-bond donors (Lipinski definition) is 2. The van der Waals surface area contributed by atoms with Crippen molar-refractivity contribution in [3.63, 3.8) is 0 Å². The number of nitrogens with one attached hydrogen (secondary N) is 2. The van der Waals surface area contributed by atoms with E-state index in [-0.39, 0.29) is 24.8 Å². The summed E-state index contributed by atoms with van der Waals surface area (Å²) in [5.41, 5.74) is -0.577. The van der Waals surface area contributed by atoms with Gasteiger partial charge in [0.2, 0.25) is 0 Å². The lowest BCUT2D eigenvalue weighted by Gasteiger charge is -2.35. The molecule has 0 aromatic rings.